The first-order valence-corrected chi connectivity index (χ1v) is 7.72. The van der Waals surface area contributed by atoms with Crippen molar-refractivity contribution in [2.45, 2.75) is 65.6 Å². The van der Waals surface area contributed by atoms with Gasteiger partial charge in [-0.15, -0.1) is 0 Å². The number of hydrogen-bond donors (Lipinski definition) is 0. The zero-order valence-corrected chi connectivity index (χ0v) is 15.3. The van der Waals surface area contributed by atoms with Crippen molar-refractivity contribution < 1.29 is 23.8 Å². The first-order chi connectivity index (χ1) is 10.4. The Hall–Kier alpha value is -1.62. The van der Waals surface area contributed by atoms with Gasteiger partial charge in [-0.05, 0) is 41.5 Å². The van der Waals surface area contributed by atoms with Crippen molar-refractivity contribution >= 4 is 11.9 Å². The van der Waals surface area contributed by atoms with Gasteiger partial charge in [0.1, 0.15) is 5.60 Å². The molecule has 132 valence electrons. The molecule has 0 bridgehead atoms. The predicted molar refractivity (Wildman–Crippen MR) is 90.0 cm³/mol. The fourth-order valence-corrected chi connectivity index (χ4v) is 1.55. The van der Waals surface area contributed by atoms with E-state index < -0.39 is 23.1 Å². The molecule has 0 saturated heterocycles. The Labute approximate surface area is 139 Å². The fourth-order valence-electron chi connectivity index (χ4n) is 1.55. The predicted octanol–water partition coefficient (Wildman–Crippen LogP) is 3.58. The van der Waals surface area contributed by atoms with E-state index in [1.54, 1.807) is 13.8 Å². The van der Waals surface area contributed by atoms with Crippen LogP contribution in [0, 0.1) is 0 Å². The maximum absolute atomic E-state index is 11.6. The Kier molecular flexibility index (Phi) is 8.24. The minimum Gasteiger partial charge on any atom is -0.462 e. The number of carbonyl (C=O) groups excluding carboxylic acids is 2. The van der Waals surface area contributed by atoms with E-state index in [1.165, 1.54) is 0 Å². The van der Waals surface area contributed by atoms with Crippen LogP contribution in [-0.2, 0) is 23.8 Å². The third kappa shape index (κ3) is 9.89. The molecule has 0 aliphatic carbocycles. The average Bonchev–Trinajstić information content (AvgIpc) is 2.36. The van der Waals surface area contributed by atoms with Gasteiger partial charge in [0.15, 0.2) is 0 Å². The van der Waals surface area contributed by atoms with E-state index in [0.29, 0.717) is 30.6 Å². The summed E-state index contributed by atoms with van der Waals surface area (Å²) in [5.74, 6) is -0.797. The van der Waals surface area contributed by atoms with Crippen LogP contribution in [0.25, 0.3) is 0 Å². The van der Waals surface area contributed by atoms with Gasteiger partial charge in [0.25, 0.3) is 0 Å². The summed E-state index contributed by atoms with van der Waals surface area (Å²) in [6, 6.07) is 0. The summed E-state index contributed by atoms with van der Waals surface area (Å²) in [4.78, 5) is 22.9. The van der Waals surface area contributed by atoms with E-state index >= 15 is 0 Å². The van der Waals surface area contributed by atoms with Crippen LogP contribution in [0.1, 0.15) is 54.4 Å². The molecule has 23 heavy (non-hydrogen) atoms. The van der Waals surface area contributed by atoms with Crippen molar-refractivity contribution in [3.8, 4) is 0 Å². The molecule has 5 nitrogen and oxygen atoms in total. The van der Waals surface area contributed by atoms with Gasteiger partial charge in [0, 0.05) is 24.0 Å². The van der Waals surface area contributed by atoms with Crippen LogP contribution in [0.2, 0.25) is 0 Å². The summed E-state index contributed by atoms with van der Waals surface area (Å²) in [5, 5.41) is 0. The van der Waals surface area contributed by atoms with E-state index in [1.807, 2.05) is 27.7 Å². The van der Waals surface area contributed by atoms with Gasteiger partial charge >= 0.3 is 11.9 Å². The van der Waals surface area contributed by atoms with E-state index in [2.05, 4.69) is 13.2 Å². The zero-order valence-electron chi connectivity index (χ0n) is 15.3. The first-order valence-electron chi connectivity index (χ1n) is 7.72. The van der Waals surface area contributed by atoms with Crippen LogP contribution in [0.15, 0.2) is 24.3 Å². The van der Waals surface area contributed by atoms with Gasteiger partial charge in [-0.25, -0.2) is 9.59 Å². The lowest BCUT2D eigenvalue weighted by molar-refractivity contribution is -0.154. The second-order valence-corrected chi connectivity index (χ2v) is 6.95. The zero-order chi connectivity index (χ0) is 18.3. The number of hydrogen-bond acceptors (Lipinski definition) is 5. The first kappa shape index (κ1) is 21.4. The van der Waals surface area contributed by atoms with Crippen LogP contribution < -0.4 is 0 Å². The van der Waals surface area contributed by atoms with E-state index in [0.717, 1.165) is 0 Å². The second kappa shape index (κ2) is 8.87. The van der Waals surface area contributed by atoms with Crippen molar-refractivity contribution in [3.05, 3.63) is 24.3 Å². The lowest BCUT2D eigenvalue weighted by atomic mass is 10.0. The van der Waals surface area contributed by atoms with Crippen LogP contribution in [-0.4, -0.2) is 36.4 Å². The Morgan fingerprint density at radius 2 is 1.30 bits per heavy atom. The Balaban J connectivity index is 4.18. The normalized spacial score (nSPS) is 11.7. The third-order valence-corrected chi connectivity index (χ3v) is 3.20. The fraction of sp³-hybridized carbons (Fsp3) is 0.667. The molecule has 0 atom stereocenters. The number of esters is 2. The molecule has 0 aliphatic rings. The Morgan fingerprint density at radius 3 is 1.78 bits per heavy atom. The third-order valence-electron chi connectivity index (χ3n) is 3.20. The summed E-state index contributed by atoms with van der Waals surface area (Å²) in [5.41, 5.74) is -0.314. The van der Waals surface area contributed by atoms with Gasteiger partial charge in [0.2, 0.25) is 0 Å². The maximum Gasteiger partial charge on any atom is 0.333 e. The molecular formula is C18H30O5. The van der Waals surface area contributed by atoms with Crippen molar-refractivity contribution in [2.24, 2.45) is 0 Å². The molecule has 0 aliphatic heterocycles. The standard InChI is InChI=1S/C18H30O5/c1-13(2)15(19)21-11-9-17(5,6)22-12-10-18(7,8)23-16(20)14(3)4/h1,3,9-12H2,2,4-8H3. The van der Waals surface area contributed by atoms with Gasteiger partial charge in [-0.3, -0.25) is 0 Å². The molecule has 0 aromatic carbocycles. The van der Waals surface area contributed by atoms with E-state index in [-0.39, 0.29) is 6.61 Å². The van der Waals surface area contributed by atoms with E-state index in [4.69, 9.17) is 14.2 Å². The summed E-state index contributed by atoms with van der Waals surface area (Å²) in [7, 11) is 0. The largest absolute Gasteiger partial charge is 0.462 e. The van der Waals surface area contributed by atoms with E-state index in [9.17, 15) is 9.59 Å². The highest BCUT2D eigenvalue weighted by atomic mass is 16.6. The Bertz CT molecular complexity index is 460. The molecule has 5 heteroatoms. The minimum absolute atomic E-state index is 0.271. The molecule has 0 heterocycles. The molecule has 0 unspecified atom stereocenters. The molecule has 0 amide bonds. The van der Waals surface area contributed by atoms with Crippen LogP contribution in [0.5, 0.6) is 0 Å². The lowest BCUT2D eigenvalue weighted by Gasteiger charge is -2.29. The van der Waals surface area contributed by atoms with Gasteiger partial charge in [0.05, 0.1) is 18.8 Å². The highest BCUT2D eigenvalue weighted by molar-refractivity contribution is 5.87. The summed E-state index contributed by atoms with van der Waals surface area (Å²) in [6.45, 7) is 18.5. The maximum atomic E-state index is 11.6. The van der Waals surface area contributed by atoms with Crippen LogP contribution in [0.4, 0.5) is 0 Å². The lowest BCUT2D eigenvalue weighted by Crippen LogP contribution is -2.33. The number of carbonyl (C=O) groups is 2. The SMILES string of the molecule is C=C(C)C(=O)OCCC(C)(C)OCCC(C)(C)OC(=O)C(=C)C. The molecule has 0 rings (SSSR count). The molecule has 0 aromatic rings. The average molecular weight is 326 g/mol. The quantitative estimate of drug-likeness (QED) is 0.453. The van der Waals surface area contributed by atoms with Gasteiger partial charge < -0.3 is 14.2 Å². The Morgan fingerprint density at radius 1 is 0.826 bits per heavy atom. The van der Waals surface area contributed by atoms with Crippen molar-refractivity contribution in [1.82, 2.24) is 0 Å². The highest BCUT2D eigenvalue weighted by Crippen LogP contribution is 2.20. The molecular weight excluding hydrogens is 296 g/mol. The molecule has 0 saturated carbocycles. The molecule has 0 aromatic heterocycles. The minimum atomic E-state index is -0.626. The van der Waals surface area contributed by atoms with Gasteiger partial charge in [-0.1, -0.05) is 13.2 Å². The second-order valence-electron chi connectivity index (χ2n) is 6.95. The summed E-state index contributed by atoms with van der Waals surface area (Å²) in [6.07, 6.45) is 1.12. The molecule has 0 spiro atoms. The van der Waals surface area contributed by atoms with Gasteiger partial charge in [-0.2, -0.15) is 0 Å². The van der Waals surface area contributed by atoms with Crippen LogP contribution in [0.3, 0.4) is 0 Å². The van der Waals surface area contributed by atoms with Crippen molar-refractivity contribution in [3.63, 3.8) is 0 Å². The number of rotatable bonds is 10. The van der Waals surface area contributed by atoms with Crippen molar-refractivity contribution in [2.75, 3.05) is 13.2 Å². The molecule has 0 radical (unpaired) electrons. The molecule has 0 fully saturated rings. The smallest absolute Gasteiger partial charge is 0.333 e. The monoisotopic (exact) mass is 326 g/mol. The highest BCUT2D eigenvalue weighted by Gasteiger charge is 2.25. The summed E-state index contributed by atoms with van der Waals surface area (Å²) < 4.78 is 16.2. The summed E-state index contributed by atoms with van der Waals surface area (Å²) >= 11 is 0. The number of ether oxygens (including phenoxy) is 3. The molecule has 0 N–H and O–H groups in total. The topological polar surface area (TPSA) is 61.8 Å². The van der Waals surface area contributed by atoms with Crippen molar-refractivity contribution in [1.29, 1.82) is 0 Å². The van der Waals surface area contributed by atoms with Crippen LogP contribution >= 0.6 is 0 Å².